The van der Waals surface area contributed by atoms with E-state index in [2.05, 4.69) is 29.6 Å². The molecule has 2 heterocycles. The van der Waals surface area contributed by atoms with Gasteiger partial charge in [-0.1, -0.05) is 24.3 Å². The van der Waals surface area contributed by atoms with Gasteiger partial charge in [-0.05, 0) is 30.0 Å². The maximum Gasteiger partial charge on any atom is 0.0557 e. The summed E-state index contributed by atoms with van der Waals surface area (Å²) < 4.78 is 5.29. The van der Waals surface area contributed by atoms with Crippen LogP contribution in [0.4, 0.5) is 0 Å². The zero-order chi connectivity index (χ0) is 10.1. The van der Waals surface area contributed by atoms with E-state index in [0.717, 1.165) is 25.7 Å². The standard InChI is InChI=1S/C13H17NO/c1-2-4-13(11-8-15-9-11)12(3-1)10-5-6-14-7-10/h1-4,10-11,14H,5-9H2. The molecule has 2 heteroatoms. The Hall–Kier alpha value is -0.860. The van der Waals surface area contributed by atoms with Crippen LogP contribution in [0.5, 0.6) is 0 Å². The Bertz CT molecular complexity index is 340. The molecule has 2 fully saturated rings. The van der Waals surface area contributed by atoms with Crippen LogP contribution in [-0.2, 0) is 4.74 Å². The summed E-state index contributed by atoms with van der Waals surface area (Å²) in [5.74, 6) is 1.38. The van der Waals surface area contributed by atoms with Crippen molar-refractivity contribution in [2.24, 2.45) is 0 Å². The van der Waals surface area contributed by atoms with Crippen LogP contribution >= 0.6 is 0 Å². The number of rotatable bonds is 2. The van der Waals surface area contributed by atoms with Crippen molar-refractivity contribution in [2.75, 3.05) is 26.3 Å². The lowest BCUT2D eigenvalue weighted by Crippen LogP contribution is -2.26. The summed E-state index contributed by atoms with van der Waals surface area (Å²) in [5.41, 5.74) is 3.08. The predicted molar refractivity (Wildman–Crippen MR) is 60.2 cm³/mol. The van der Waals surface area contributed by atoms with E-state index >= 15 is 0 Å². The van der Waals surface area contributed by atoms with E-state index in [-0.39, 0.29) is 0 Å². The van der Waals surface area contributed by atoms with E-state index < -0.39 is 0 Å². The highest BCUT2D eigenvalue weighted by Crippen LogP contribution is 2.33. The molecule has 0 spiro atoms. The van der Waals surface area contributed by atoms with Crippen LogP contribution in [0.15, 0.2) is 24.3 Å². The van der Waals surface area contributed by atoms with Gasteiger partial charge in [-0.3, -0.25) is 0 Å². The second-order valence-corrected chi connectivity index (χ2v) is 4.55. The van der Waals surface area contributed by atoms with Crippen molar-refractivity contribution in [1.82, 2.24) is 5.32 Å². The Balaban J connectivity index is 1.90. The van der Waals surface area contributed by atoms with Gasteiger partial charge in [0.05, 0.1) is 13.2 Å². The first-order valence-corrected chi connectivity index (χ1v) is 5.82. The third-order valence-electron chi connectivity index (χ3n) is 3.57. The minimum atomic E-state index is 0.654. The normalized spacial score (nSPS) is 26.5. The van der Waals surface area contributed by atoms with Gasteiger partial charge in [0.1, 0.15) is 0 Å². The van der Waals surface area contributed by atoms with Gasteiger partial charge < -0.3 is 10.1 Å². The molecule has 1 aromatic carbocycles. The van der Waals surface area contributed by atoms with Gasteiger partial charge in [0.25, 0.3) is 0 Å². The molecular formula is C13H17NO. The van der Waals surface area contributed by atoms with Crippen molar-refractivity contribution in [3.63, 3.8) is 0 Å². The van der Waals surface area contributed by atoms with Crippen molar-refractivity contribution in [3.8, 4) is 0 Å². The summed E-state index contributed by atoms with van der Waals surface area (Å²) in [7, 11) is 0. The Morgan fingerprint density at radius 3 is 2.33 bits per heavy atom. The third-order valence-corrected chi connectivity index (χ3v) is 3.57. The molecule has 0 bridgehead atoms. The zero-order valence-electron chi connectivity index (χ0n) is 8.91. The minimum absolute atomic E-state index is 0.654. The average Bonchev–Trinajstić information content (AvgIpc) is 2.69. The molecule has 15 heavy (non-hydrogen) atoms. The van der Waals surface area contributed by atoms with Crippen LogP contribution in [0.3, 0.4) is 0 Å². The Morgan fingerprint density at radius 2 is 1.80 bits per heavy atom. The second-order valence-electron chi connectivity index (χ2n) is 4.55. The van der Waals surface area contributed by atoms with E-state index in [4.69, 9.17) is 4.74 Å². The molecule has 2 nitrogen and oxygen atoms in total. The molecule has 0 aliphatic carbocycles. The quantitative estimate of drug-likeness (QED) is 0.792. The minimum Gasteiger partial charge on any atom is -0.380 e. The topological polar surface area (TPSA) is 21.3 Å². The fourth-order valence-corrected chi connectivity index (χ4v) is 2.59. The monoisotopic (exact) mass is 203 g/mol. The molecule has 3 rings (SSSR count). The van der Waals surface area contributed by atoms with Crippen molar-refractivity contribution in [1.29, 1.82) is 0 Å². The molecule has 2 saturated heterocycles. The lowest BCUT2D eigenvalue weighted by Gasteiger charge is -2.29. The van der Waals surface area contributed by atoms with Crippen LogP contribution < -0.4 is 5.32 Å². The van der Waals surface area contributed by atoms with Crippen molar-refractivity contribution in [2.45, 2.75) is 18.3 Å². The molecule has 1 unspecified atom stereocenters. The van der Waals surface area contributed by atoms with Crippen LogP contribution in [-0.4, -0.2) is 26.3 Å². The number of hydrogen-bond donors (Lipinski definition) is 1. The maximum absolute atomic E-state index is 5.29. The average molecular weight is 203 g/mol. The summed E-state index contributed by atoms with van der Waals surface area (Å²) in [6, 6.07) is 8.89. The number of benzene rings is 1. The first-order chi connectivity index (χ1) is 7.45. The van der Waals surface area contributed by atoms with E-state index in [1.54, 1.807) is 5.56 Å². The molecule has 2 aliphatic rings. The SMILES string of the molecule is c1ccc(C2COC2)c(C2CCNC2)c1. The summed E-state index contributed by atoms with van der Waals surface area (Å²) in [6.07, 6.45) is 1.28. The van der Waals surface area contributed by atoms with Gasteiger partial charge in [-0.15, -0.1) is 0 Å². The fraction of sp³-hybridized carbons (Fsp3) is 0.538. The molecule has 1 N–H and O–H groups in total. The van der Waals surface area contributed by atoms with Gasteiger partial charge in [-0.2, -0.15) is 0 Å². The van der Waals surface area contributed by atoms with Gasteiger partial charge in [0.15, 0.2) is 0 Å². The molecule has 80 valence electrons. The van der Waals surface area contributed by atoms with Gasteiger partial charge in [0.2, 0.25) is 0 Å². The van der Waals surface area contributed by atoms with E-state index in [0.29, 0.717) is 5.92 Å². The molecular weight excluding hydrogens is 186 g/mol. The molecule has 0 amide bonds. The molecule has 1 aromatic rings. The number of ether oxygens (including phenoxy) is 1. The van der Waals surface area contributed by atoms with E-state index in [1.807, 2.05) is 0 Å². The largest absolute Gasteiger partial charge is 0.380 e. The summed E-state index contributed by atoms with van der Waals surface area (Å²) >= 11 is 0. The number of hydrogen-bond acceptors (Lipinski definition) is 2. The molecule has 2 aliphatic heterocycles. The fourth-order valence-electron chi connectivity index (χ4n) is 2.59. The first-order valence-electron chi connectivity index (χ1n) is 5.82. The van der Waals surface area contributed by atoms with E-state index in [9.17, 15) is 0 Å². The van der Waals surface area contributed by atoms with Crippen LogP contribution in [0.1, 0.15) is 29.4 Å². The molecule has 1 atom stereocenters. The maximum atomic E-state index is 5.29. The van der Waals surface area contributed by atoms with E-state index in [1.165, 1.54) is 18.5 Å². The Labute approximate surface area is 90.6 Å². The third kappa shape index (κ3) is 1.68. The second kappa shape index (κ2) is 3.95. The number of nitrogens with one attached hydrogen (secondary N) is 1. The van der Waals surface area contributed by atoms with Crippen LogP contribution in [0, 0.1) is 0 Å². The van der Waals surface area contributed by atoms with Gasteiger partial charge >= 0.3 is 0 Å². The Kier molecular flexibility index (Phi) is 2.47. The highest BCUT2D eigenvalue weighted by Gasteiger charge is 2.26. The van der Waals surface area contributed by atoms with Crippen LogP contribution in [0.2, 0.25) is 0 Å². The van der Waals surface area contributed by atoms with Gasteiger partial charge in [0, 0.05) is 12.5 Å². The lowest BCUT2D eigenvalue weighted by molar-refractivity contribution is 0.00797. The smallest absolute Gasteiger partial charge is 0.0557 e. The van der Waals surface area contributed by atoms with Crippen LogP contribution in [0.25, 0.3) is 0 Å². The zero-order valence-corrected chi connectivity index (χ0v) is 8.91. The van der Waals surface area contributed by atoms with Crippen molar-refractivity contribution >= 4 is 0 Å². The molecule has 0 radical (unpaired) electrons. The van der Waals surface area contributed by atoms with Gasteiger partial charge in [-0.25, -0.2) is 0 Å². The molecule has 0 aromatic heterocycles. The summed E-state index contributed by atoms with van der Waals surface area (Å²) in [6.45, 7) is 4.14. The highest BCUT2D eigenvalue weighted by molar-refractivity contribution is 5.35. The highest BCUT2D eigenvalue weighted by atomic mass is 16.5. The summed E-state index contributed by atoms with van der Waals surface area (Å²) in [4.78, 5) is 0. The first kappa shape index (κ1) is 9.37. The van der Waals surface area contributed by atoms with Crippen molar-refractivity contribution in [3.05, 3.63) is 35.4 Å². The summed E-state index contributed by atoms with van der Waals surface area (Å²) in [5, 5.41) is 3.44. The molecule has 0 saturated carbocycles. The predicted octanol–water partition coefficient (Wildman–Crippen LogP) is 1.88. The van der Waals surface area contributed by atoms with Crippen molar-refractivity contribution < 1.29 is 4.74 Å². The Morgan fingerprint density at radius 1 is 1.07 bits per heavy atom. The lowest BCUT2D eigenvalue weighted by atomic mass is 9.86.